The molecule has 0 saturated heterocycles. The maximum Gasteiger partial charge on any atom is 0.265 e. The molecule has 0 unspecified atom stereocenters. The van der Waals surface area contributed by atoms with E-state index in [9.17, 15) is 14.4 Å². The molecule has 2 aromatic carbocycles. The van der Waals surface area contributed by atoms with Gasteiger partial charge in [-0.05, 0) is 41.8 Å². The number of benzene rings is 2. The van der Waals surface area contributed by atoms with Crippen molar-refractivity contribution in [2.24, 2.45) is 0 Å². The summed E-state index contributed by atoms with van der Waals surface area (Å²) >= 11 is 2.75. The quantitative estimate of drug-likeness (QED) is 0.516. The van der Waals surface area contributed by atoms with Gasteiger partial charge < -0.3 is 5.32 Å². The molecule has 1 N–H and O–H groups in total. The number of imide groups is 1. The highest BCUT2D eigenvalue weighted by molar-refractivity contribution is 7.99. The summed E-state index contributed by atoms with van der Waals surface area (Å²) < 4.78 is 0. The van der Waals surface area contributed by atoms with Crippen LogP contribution >= 0.6 is 23.1 Å². The van der Waals surface area contributed by atoms with Gasteiger partial charge in [0.1, 0.15) is 0 Å². The molecule has 3 amide bonds. The molecule has 134 valence electrons. The van der Waals surface area contributed by atoms with Crippen molar-refractivity contribution in [1.82, 2.24) is 4.90 Å². The first-order valence-corrected chi connectivity index (χ1v) is 10.0. The zero-order chi connectivity index (χ0) is 18.8. The minimum atomic E-state index is -0.273. The van der Waals surface area contributed by atoms with E-state index in [4.69, 9.17) is 0 Å². The Labute approximate surface area is 164 Å². The van der Waals surface area contributed by atoms with Gasteiger partial charge in [-0.25, -0.2) is 0 Å². The Morgan fingerprint density at radius 2 is 1.70 bits per heavy atom. The van der Waals surface area contributed by atoms with Crippen LogP contribution in [0.2, 0.25) is 0 Å². The van der Waals surface area contributed by atoms with E-state index >= 15 is 0 Å². The molecule has 1 aromatic heterocycles. The zero-order valence-electron chi connectivity index (χ0n) is 14.0. The number of carbonyl (C=O) groups excluding carboxylic acids is 3. The van der Waals surface area contributed by atoms with Crippen molar-refractivity contribution in [3.8, 4) is 0 Å². The molecule has 7 heteroatoms. The highest BCUT2D eigenvalue weighted by atomic mass is 32.2. The number of fused-ring (bicyclic) bond motifs is 1. The van der Waals surface area contributed by atoms with Crippen LogP contribution in [-0.2, 0) is 0 Å². The number of nitrogens with one attached hydrogen (secondary N) is 1. The monoisotopic (exact) mass is 394 g/mol. The van der Waals surface area contributed by atoms with Gasteiger partial charge >= 0.3 is 0 Å². The van der Waals surface area contributed by atoms with E-state index in [0.717, 1.165) is 4.90 Å². The van der Waals surface area contributed by atoms with Crippen molar-refractivity contribution in [3.63, 3.8) is 0 Å². The Morgan fingerprint density at radius 3 is 2.37 bits per heavy atom. The fourth-order valence-corrected chi connectivity index (χ4v) is 4.28. The maximum atomic E-state index is 12.4. The smallest absolute Gasteiger partial charge is 0.265 e. The molecule has 2 heterocycles. The first kappa shape index (κ1) is 17.5. The van der Waals surface area contributed by atoms with Crippen molar-refractivity contribution in [3.05, 3.63) is 82.0 Å². The Morgan fingerprint density at radius 1 is 0.963 bits per heavy atom. The lowest BCUT2D eigenvalue weighted by atomic mass is 10.1. The van der Waals surface area contributed by atoms with Gasteiger partial charge in [0.2, 0.25) is 0 Å². The van der Waals surface area contributed by atoms with Gasteiger partial charge in [0.25, 0.3) is 17.7 Å². The highest BCUT2D eigenvalue weighted by Crippen LogP contribution is 2.28. The molecule has 0 fully saturated rings. The number of hydrogen-bond acceptors (Lipinski definition) is 5. The summed E-state index contributed by atoms with van der Waals surface area (Å²) in [7, 11) is 0. The van der Waals surface area contributed by atoms with E-state index in [1.165, 1.54) is 28.0 Å². The normalized spacial score (nSPS) is 13.0. The first-order valence-electron chi connectivity index (χ1n) is 8.16. The van der Waals surface area contributed by atoms with E-state index in [1.54, 1.807) is 36.4 Å². The summed E-state index contributed by atoms with van der Waals surface area (Å²) in [6.45, 7) is 0. The van der Waals surface area contributed by atoms with Gasteiger partial charge in [0, 0.05) is 10.6 Å². The maximum absolute atomic E-state index is 12.4. The van der Waals surface area contributed by atoms with E-state index < -0.39 is 0 Å². The highest BCUT2D eigenvalue weighted by Gasteiger charge is 2.34. The summed E-state index contributed by atoms with van der Waals surface area (Å²) in [5.41, 5.74) is 1.56. The third-order valence-corrected chi connectivity index (χ3v) is 5.92. The van der Waals surface area contributed by atoms with Crippen LogP contribution in [0.5, 0.6) is 0 Å². The lowest BCUT2D eigenvalue weighted by Gasteiger charge is -2.13. The molecule has 0 spiro atoms. The molecule has 0 radical (unpaired) electrons. The van der Waals surface area contributed by atoms with E-state index in [-0.39, 0.29) is 23.6 Å². The predicted octanol–water partition coefficient (Wildman–Crippen LogP) is 4.35. The number of amides is 3. The minimum Gasteiger partial charge on any atom is -0.321 e. The van der Waals surface area contributed by atoms with E-state index in [0.29, 0.717) is 21.7 Å². The van der Waals surface area contributed by atoms with Crippen LogP contribution in [0, 0.1) is 0 Å². The fourth-order valence-electron chi connectivity index (χ4n) is 2.76. The number of nitrogens with zero attached hydrogens (tertiary/aromatic N) is 1. The molecule has 0 atom stereocenters. The molecular weight excluding hydrogens is 380 g/mol. The van der Waals surface area contributed by atoms with Gasteiger partial charge in [-0.15, -0.1) is 23.1 Å². The van der Waals surface area contributed by atoms with Gasteiger partial charge in [0.15, 0.2) is 0 Å². The average molecular weight is 394 g/mol. The van der Waals surface area contributed by atoms with Crippen LogP contribution < -0.4 is 5.32 Å². The van der Waals surface area contributed by atoms with Crippen LogP contribution in [-0.4, -0.2) is 28.5 Å². The van der Waals surface area contributed by atoms with Crippen molar-refractivity contribution in [2.45, 2.75) is 4.90 Å². The van der Waals surface area contributed by atoms with Crippen molar-refractivity contribution in [1.29, 1.82) is 0 Å². The summed E-state index contributed by atoms with van der Waals surface area (Å²) in [5, 5.41) is 4.71. The SMILES string of the molecule is O=C(Nc1cccc(SCN2C(=O)c3ccccc3C2=O)c1)c1cccs1. The molecule has 1 aliphatic rings. The van der Waals surface area contributed by atoms with Gasteiger partial charge in [-0.3, -0.25) is 19.3 Å². The standard InChI is InChI=1S/C20H14N2O3S2/c23-18(17-9-4-10-26-17)21-13-5-3-6-14(11-13)27-12-22-19(24)15-7-1-2-8-16(15)20(22)25/h1-11H,12H2,(H,21,23). The Hall–Kier alpha value is -2.90. The summed E-state index contributed by atoms with van der Waals surface area (Å²) in [4.78, 5) is 39.7. The Bertz CT molecular complexity index is 996. The summed E-state index contributed by atoms with van der Waals surface area (Å²) in [6.07, 6.45) is 0. The molecule has 0 aliphatic carbocycles. The number of anilines is 1. The molecule has 5 nitrogen and oxygen atoms in total. The molecule has 27 heavy (non-hydrogen) atoms. The molecule has 4 rings (SSSR count). The second kappa shape index (κ2) is 7.38. The number of thiophene rings is 1. The summed E-state index contributed by atoms with van der Waals surface area (Å²) in [5.74, 6) is -0.489. The fraction of sp³-hybridized carbons (Fsp3) is 0.0500. The van der Waals surface area contributed by atoms with Crippen molar-refractivity contribution < 1.29 is 14.4 Å². The van der Waals surface area contributed by atoms with Crippen LogP contribution in [0.4, 0.5) is 5.69 Å². The van der Waals surface area contributed by atoms with Gasteiger partial charge in [-0.2, -0.15) is 0 Å². The Balaban J connectivity index is 1.43. The first-order chi connectivity index (χ1) is 13.1. The summed E-state index contributed by atoms with van der Waals surface area (Å²) in [6, 6.07) is 17.8. The Kier molecular flexibility index (Phi) is 4.79. The second-order valence-corrected chi connectivity index (χ2v) is 7.78. The lowest BCUT2D eigenvalue weighted by Crippen LogP contribution is -2.29. The molecule has 3 aromatic rings. The number of hydrogen-bond donors (Lipinski definition) is 1. The zero-order valence-corrected chi connectivity index (χ0v) is 15.7. The van der Waals surface area contributed by atoms with Crippen LogP contribution in [0.25, 0.3) is 0 Å². The second-order valence-electron chi connectivity index (χ2n) is 5.82. The molecule has 1 aliphatic heterocycles. The van der Waals surface area contributed by atoms with Gasteiger partial charge in [0.05, 0.1) is 21.9 Å². The third-order valence-electron chi connectivity index (χ3n) is 4.08. The number of thioether (sulfide) groups is 1. The predicted molar refractivity (Wildman–Crippen MR) is 106 cm³/mol. The number of carbonyl (C=O) groups is 3. The lowest BCUT2D eigenvalue weighted by molar-refractivity contribution is 0.0683. The third kappa shape index (κ3) is 3.51. The van der Waals surface area contributed by atoms with Gasteiger partial charge in [-0.1, -0.05) is 24.3 Å². The average Bonchev–Trinajstić information content (AvgIpc) is 3.30. The molecular formula is C20H14N2O3S2. The van der Waals surface area contributed by atoms with E-state index in [1.807, 2.05) is 29.6 Å². The number of rotatable bonds is 5. The molecule has 0 saturated carbocycles. The largest absolute Gasteiger partial charge is 0.321 e. The van der Waals surface area contributed by atoms with Crippen molar-refractivity contribution >= 4 is 46.5 Å². The van der Waals surface area contributed by atoms with Crippen molar-refractivity contribution in [2.75, 3.05) is 11.2 Å². The van der Waals surface area contributed by atoms with E-state index in [2.05, 4.69) is 5.32 Å². The topological polar surface area (TPSA) is 66.5 Å². The van der Waals surface area contributed by atoms with Crippen LogP contribution in [0.15, 0.2) is 70.9 Å². The minimum absolute atomic E-state index is 0.160. The molecule has 0 bridgehead atoms. The van der Waals surface area contributed by atoms with Crippen LogP contribution in [0.3, 0.4) is 0 Å². The van der Waals surface area contributed by atoms with Crippen LogP contribution in [0.1, 0.15) is 30.4 Å².